The van der Waals surface area contributed by atoms with Crippen molar-refractivity contribution in [3.8, 4) is 0 Å². The van der Waals surface area contributed by atoms with Crippen LogP contribution in [0.15, 0.2) is 24.3 Å². The van der Waals surface area contributed by atoms with Crippen molar-refractivity contribution in [2.75, 3.05) is 11.6 Å². The van der Waals surface area contributed by atoms with E-state index in [0.29, 0.717) is 5.69 Å². The second-order valence-electron chi connectivity index (χ2n) is 4.15. The molecule has 0 spiro atoms. The molecule has 1 aromatic carbocycles. The molecule has 1 aliphatic heterocycles. The molecule has 1 aliphatic rings. The van der Waals surface area contributed by atoms with E-state index in [1.165, 1.54) is 0 Å². The van der Waals surface area contributed by atoms with Crippen LogP contribution in [0.25, 0.3) is 0 Å². The number of amides is 1. The number of nitrogens with zero attached hydrogens (tertiary/aromatic N) is 1. The molecule has 6 heteroatoms. The molecule has 0 aliphatic carbocycles. The van der Waals surface area contributed by atoms with E-state index < -0.39 is 23.7 Å². The Bertz CT molecular complexity index is 524. The topological polar surface area (TPSA) is 75.7 Å². The Morgan fingerprint density at radius 2 is 1.95 bits per heavy atom. The van der Waals surface area contributed by atoms with Crippen LogP contribution in [-0.2, 0) is 19.1 Å². The van der Waals surface area contributed by atoms with Gasteiger partial charge in [0.15, 0.2) is 6.04 Å². The molecule has 6 nitrogen and oxygen atoms in total. The van der Waals surface area contributed by atoms with E-state index in [1.807, 2.05) is 19.1 Å². The van der Waals surface area contributed by atoms with Crippen LogP contribution in [-0.4, -0.2) is 30.3 Å². The number of carbonyl (C=O) groups excluding carboxylic acids is 3. The molecule has 1 fully saturated rings. The fourth-order valence-corrected chi connectivity index (χ4v) is 1.75. The molecule has 1 aromatic rings. The van der Waals surface area contributed by atoms with E-state index in [9.17, 15) is 14.4 Å². The normalized spacial score (nSPS) is 18.8. The number of Topliss-reactive ketones (excluding diaryl/α,β-unsaturated/α-hetero) is 1. The first kappa shape index (κ1) is 13.2. The van der Waals surface area contributed by atoms with Crippen molar-refractivity contribution in [1.29, 1.82) is 0 Å². The van der Waals surface area contributed by atoms with Gasteiger partial charge >= 0.3 is 11.9 Å². The number of ketones is 1. The number of aryl methyl sites for hydroxylation is 1. The Labute approximate surface area is 110 Å². The van der Waals surface area contributed by atoms with Crippen LogP contribution in [0, 0.1) is 6.92 Å². The van der Waals surface area contributed by atoms with Gasteiger partial charge in [-0.3, -0.25) is 9.59 Å². The number of esters is 1. The maximum absolute atomic E-state index is 11.8. The van der Waals surface area contributed by atoms with E-state index in [0.717, 1.165) is 10.6 Å². The number of hydrogen-bond acceptors (Lipinski definition) is 5. The van der Waals surface area contributed by atoms with Gasteiger partial charge < -0.3 is 4.74 Å². The third kappa shape index (κ3) is 2.48. The standard InChI is InChI=1S/C13H14N2O4/c1-3-19-13(18)10-11(16)12(17)15(14-10)9-6-4-8(2)5-7-9/h4-7,10,14H,3H2,1-2H3. The van der Waals surface area contributed by atoms with Crippen molar-refractivity contribution >= 4 is 23.3 Å². The summed E-state index contributed by atoms with van der Waals surface area (Å²) in [5.74, 6) is -2.31. The summed E-state index contributed by atoms with van der Waals surface area (Å²) in [5.41, 5.74) is 4.11. The zero-order valence-electron chi connectivity index (χ0n) is 10.7. The van der Waals surface area contributed by atoms with E-state index >= 15 is 0 Å². The van der Waals surface area contributed by atoms with Gasteiger partial charge in [0.1, 0.15) is 0 Å². The molecule has 1 unspecified atom stereocenters. The highest BCUT2D eigenvalue weighted by molar-refractivity contribution is 6.48. The molecule has 100 valence electrons. The molecule has 0 aromatic heterocycles. The zero-order chi connectivity index (χ0) is 14.0. The predicted octanol–water partition coefficient (Wildman–Crippen LogP) is 0.347. The molecule has 1 saturated heterocycles. The first-order valence-electron chi connectivity index (χ1n) is 5.92. The number of ether oxygens (including phenoxy) is 1. The van der Waals surface area contributed by atoms with Crippen molar-refractivity contribution in [3.05, 3.63) is 29.8 Å². The predicted molar refractivity (Wildman–Crippen MR) is 67.2 cm³/mol. The summed E-state index contributed by atoms with van der Waals surface area (Å²) >= 11 is 0. The number of carbonyl (C=O) groups is 3. The molecule has 1 heterocycles. The Morgan fingerprint density at radius 1 is 1.32 bits per heavy atom. The summed E-state index contributed by atoms with van der Waals surface area (Å²) in [5, 5.41) is 1.07. The van der Waals surface area contributed by atoms with Gasteiger partial charge in [-0.25, -0.2) is 15.2 Å². The second kappa shape index (κ2) is 5.19. The Balaban J connectivity index is 2.21. The Kier molecular flexibility index (Phi) is 3.62. The largest absolute Gasteiger partial charge is 0.464 e. The smallest absolute Gasteiger partial charge is 0.333 e. The van der Waals surface area contributed by atoms with Crippen molar-refractivity contribution in [2.45, 2.75) is 19.9 Å². The highest BCUT2D eigenvalue weighted by atomic mass is 16.5. The molecule has 1 N–H and O–H groups in total. The van der Waals surface area contributed by atoms with Gasteiger partial charge in [-0.1, -0.05) is 17.7 Å². The monoisotopic (exact) mass is 262 g/mol. The second-order valence-corrected chi connectivity index (χ2v) is 4.15. The van der Waals surface area contributed by atoms with Crippen molar-refractivity contribution in [1.82, 2.24) is 5.43 Å². The van der Waals surface area contributed by atoms with E-state index in [-0.39, 0.29) is 6.61 Å². The summed E-state index contributed by atoms with van der Waals surface area (Å²) in [4.78, 5) is 35.1. The van der Waals surface area contributed by atoms with Gasteiger partial charge in [0.05, 0.1) is 12.3 Å². The molecule has 0 saturated carbocycles. The number of hydrazine groups is 1. The van der Waals surface area contributed by atoms with Crippen LogP contribution < -0.4 is 10.4 Å². The van der Waals surface area contributed by atoms with Crippen LogP contribution in [0.3, 0.4) is 0 Å². The fourth-order valence-electron chi connectivity index (χ4n) is 1.75. The lowest BCUT2D eigenvalue weighted by Crippen LogP contribution is -2.42. The number of nitrogens with one attached hydrogen (secondary N) is 1. The maximum atomic E-state index is 11.8. The van der Waals surface area contributed by atoms with E-state index in [4.69, 9.17) is 4.74 Å². The van der Waals surface area contributed by atoms with Crippen molar-refractivity contribution < 1.29 is 19.1 Å². The van der Waals surface area contributed by atoms with Crippen LogP contribution in [0.5, 0.6) is 0 Å². The van der Waals surface area contributed by atoms with Gasteiger partial charge in [-0.2, -0.15) is 0 Å². The zero-order valence-corrected chi connectivity index (χ0v) is 10.7. The Morgan fingerprint density at radius 3 is 2.53 bits per heavy atom. The highest BCUT2D eigenvalue weighted by Gasteiger charge is 2.44. The minimum atomic E-state index is -1.26. The van der Waals surface area contributed by atoms with E-state index in [2.05, 4.69) is 5.43 Å². The third-order valence-electron chi connectivity index (χ3n) is 2.75. The molecule has 1 atom stereocenters. The lowest BCUT2D eigenvalue weighted by atomic mass is 10.2. The lowest BCUT2D eigenvalue weighted by Gasteiger charge is -2.16. The molecule has 1 amide bonds. The maximum Gasteiger partial charge on any atom is 0.333 e. The molecule has 0 bridgehead atoms. The average Bonchev–Trinajstić information content (AvgIpc) is 2.68. The number of hydrogen-bond donors (Lipinski definition) is 1. The van der Waals surface area contributed by atoms with Crippen molar-refractivity contribution in [2.24, 2.45) is 0 Å². The molecule has 0 radical (unpaired) electrons. The molecular weight excluding hydrogens is 248 g/mol. The minimum absolute atomic E-state index is 0.156. The number of rotatable bonds is 3. The fraction of sp³-hybridized carbons (Fsp3) is 0.308. The van der Waals surface area contributed by atoms with Crippen LogP contribution in [0.1, 0.15) is 12.5 Å². The first-order valence-corrected chi connectivity index (χ1v) is 5.92. The quantitative estimate of drug-likeness (QED) is 0.483. The summed E-state index contributed by atoms with van der Waals surface area (Å²) in [6.45, 7) is 3.70. The van der Waals surface area contributed by atoms with Crippen LogP contribution in [0.4, 0.5) is 5.69 Å². The van der Waals surface area contributed by atoms with E-state index in [1.54, 1.807) is 19.1 Å². The molecular formula is C13H14N2O4. The highest BCUT2D eigenvalue weighted by Crippen LogP contribution is 2.18. The van der Waals surface area contributed by atoms with Gasteiger partial charge in [0.2, 0.25) is 0 Å². The van der Waals surface area contributed by atoms with Crippen LogP contribution >= 0.6 is 0 Å². The van der Waals surface area contributed by atoms with Gasteiger partial charge in [0, 0.05) is 0 Å². The Hall–Kier alpha value is -2.21. The lowest BCUT2D eigenvalue weighted by molar-refractivity contribution is -0.148. The third-order valence-corrected chi connectivity index (χ3v) is 2.75. The average molecular weight is 262 g/mol. The van der Waals surface area contributed by atoms with Gasteiger partial charge in [0.25, 0.3) is 5.78 Å². The van der Waals surface area contributed by atoms with Crippen LogP contribution in [0.2, 0.25) is 0 Å². The summed E-state index contributed by atoms with van der Waals surface area (Å²) < 4.78 is 4.75. The van der Waals surface area contributed by atoms with Gasteiger partial charge in [-0.05, 0) is 26.0 Å². The number of benzene rings is 1. The molecule has 19 heavy (non-hydrogen) atoms. The number of anilines is 1. The SMILES string of the molecule is CCOC(=O)C1NN(c2ccc(C)cc2)C(=O)C1=O. The first-order chi connectivity index (χ1) is 9.04. The minimum Gasteiger partial charge on any atom is -0.464 e. The summed E-state index contributed by atoms with van der Waals surface area (Å²) in [6, 6.07) is 5.76. The molecule has 2 rings (SSSR count). The van der Waals surface area contributed by atoms with Crippen molar-refractivity contribution in [3.63, 3.8) is 0 Å². The summed E-state index contributed by atoms with van der Waals surface area (Å²) in [7, 11) is 0. The summed E-state index contributed by atoms with van der Waals surface area (Å²) in [6.07, 6.45) is 0. The van der Waals surface area contributed by atoms with Gasteiger partial charge in [-0.15, -0.1) is 0 Å².